The van der Waals surface area contributed by atoms with Crippen molar-refractivity contribution >= 4 is 5.97 Å². The van der Waals surface area contributed by atoms with E-state index in [-0.39, 0.29) is 17.6 Å². The Bertz CT molecular complexity index is 443. The summed E-state index contributed by atoms with van der Waals surface area (Å²) in [4.78, 5) is 14.4. The van der Waals surface area contributed by atoms with Gasteiger partial charge in [-0.05, 0) is 5.92 Å². The fourth-order valence-electron chi connectivity index (χ4n) is 1.53. The van der Waals surface area contributed by atoms with Crippen molar-refractivity contribution in [3.8, 4) is 0 Å². The quantitative estimate of drug-likeness (QED) is 0.865. The van der Waals surface area contributed by atoms with Gasteiger partial charge in [0.15, 0.2) is 5.82 Å². The van der Waals surface area contributed by atoms with Gasteiger partial charge >= 0.3 is 12.1 Å². The molecular formula is C11H16F3N3O2. The van der Waals surface area contributed by atoms with Gasteiger partial charge in [-0.3, -0.25) is 4.79 Å². The minimum atomic E-state index is -4.43. The van der Waals surface area contributed by atoms with Crippen LogP contribution in [-0.4, -0.2) is 32.0 Å². The Hall–Kier alpha value is -1.60. The molecule has 0 aromatic carbocycles. The standard InChI is InChI=1S/C11H16F3N3O2/c1-3-7(2)4-8-15-9(5-11(12,13)14)17(16-8)6-10(18)19/h7H,3-6H2,1-2H3,(H,18,19)/t7-/m1/s1. The van der Waals surface area contributed by atoms with Gasteiger partial charge in [-0.15, -0.1) is 0 Å². The van der Waals surface area contributed by atoms with Crippen LogP contribution in [0.4, 0.5) is 13.2 Å². The van der Waals surface area contributed by atoms with Gasteiger partial charge < -0.3 is 5.11 Å². The fraction of sp³-hybridized carbons (Fsp3) is 0.727. The molecule has 0 spiro atoms. The Morgan fingerprint density at radius 3 is 2.58 bits per heavy atom. The Balaban J connectivity index is 2.94. The number of carbonyl (C=O) groups is 1. The van der Waals surface area contributed by atoms with Crippen LogP contribution in [0.2, 0.25) is 0 Å². The largest absolute Gasteiger partial charge is 0.480 e. The third kappa shape index (κ3) is 5.27. The number of rotatable bonds is 6. The molecule has 8 heteroatoms. The van der Waals surface area contributed by atoms with Crippen molar-refractivity contribution in [2.75, 3.05) is 0 Å². The van der Waals surface area contributed by atoms with Gasteiger partial charge in [0.25, 0.3) is 0 Å². The molecule has 1 aromatic rings. The summed E-state index contributed by atoms with van der Waals surface area (Å²) in [6, 6.07) is 0. The predicted molar refractivity (Wildman–Crippen MR) is 60.6 cm³/mol. The van der Waals surface area contributed by atoms with E-state index in [1.807, 2.05) is 13.8 Å². The van der Waals surface area contributed by atoms with Crippen LogP contribution in [0.1, 0.15) is 31.9 Å². The lowest BCUT2D eigenvalue weighted by molar-refractivity contribution is -0.139. The van der Waals surface area contributed by atoms with E-state index in [1.165, 1.54) is 0 Å². The zero-order valence-electron chi connectivity index (χ0n) is 10.7. The molecule has 0 amide bonds. The molecule has 0 radical (unpaired) electrons. The zero-order chi connectivity index (χ0) is 14.6. The maximum absolute atomic E-state index is 12.4. The summed E-state index contributed by atoms with van der Waals surface area (Å²) in [5, 5.41) is 12.5. The summed E-state index contributed by atoms with van der Waals surface area (Å²) < 4.78 is 37.9. The number of hydrogen-bond donors (Lipinski definition) is 1. The number of nitrogens with zero attached hydrogens (tertiary/aromatic N) is 3. The number of aliphatic carboxylic acids is 1. The van der Waals surface area contributed by atoms with Crippen molar-refractivity contribution < 1.29 is 23.1 Å². The lowest BCUT2D eigenvalue weighted by atomic mass is 10.1. The molecule has 0 aliphatic rings. The minimum absolute atomic E-state index is 0.236. The molecule has 0 fully saturated rings. The maximum Gasteiger partial charge on any atom is 0.396 e. The lowest BCUT2D eigenvalue weighted by Gasteiger charge is -2.05. The highest BCUT2D eigenvalue weighted by Gasteiger charge is 2.31. The first-order chi connectivity index (χ1) is 8.71. The number of hydrogen-bond acceptors (Lipinski definition) is 3. The first-order valence-electron chi connectivity index (χ1n) is 5.92. The SMILES string of the molecule is CC[C@@H](C)Cc1nc(CC(F)(F)F)n(CC(=O)O)n1. The van der Waals surface area contributed by atoms with E-state index in [1.54, 1.807) is 0 Å². The summed E-state index contributed by atoms with van der Waals surface area (Å²) in [5.74, 6) is -1.11. The molecule has 19 heavy (non-hydrogen) atoms. The van der Waals surface area contributed by atoms with Crippen LogP contribution >= 0.6 is 0 Å². The monoisotopic (exact) mass is 279 g/mol. The molecule has 0 unspecified atom stereocenters. The van der Waals surface area contributed by atoms with E-state index in [0.717, 1.165) is 11.1 Å². The first-order valence-corrected chi connectivity index (χ1v) is 5.92. The average molecular weight is 279 g/mol. The van der Waals surface area contributed by atoms with E-state index in [4.69, 9.17) is 5.11 Å². The molecule has 0 aliphatic heterocycles. The van der Waals surface area contributed by atoms with E-state index >= 15 is 0 Å². The van der Waals surface area contributed by atoms with Gasteiger partial charge in [0.2, 0.25) is 0 Å². The second-order valence-corrected chi connectivity index (χ2v) is 4.51. The van der Waals surface area contributed by atoms with Crippen LogP contribution in [0, 0.1) is 5.92 Å². The van der Waals surface area contributed by atoms with Gasteiger partial charge in [-0.1, -0.05) is 20.3 Å². The molecule has 108 valence electrons. The molecule has 0 bridgehead atoms. The zero-order valence-corrected chi connectivity index (χ0v) is 10.7. The molecule has 1 atom stereocenters. The Morgan fingerprint density at radius 2 is 2.11 bits per heavy atom. The molecular weight excluding hydrogens is 263 g/mol. The van der Waals surface area contributed by atoms with E-state index in [9.17, 15) is 18.0 Å². The number of halogens is 3. The summed E-state index contributed by atoms with van der Waals surface area (Å²) in [7, 11) is 0. The maximum atomic E-state index is 12.4. The smallest absolute Gasteiger partial charge is 0.396 e. The molecule has 0 saturated heterocycles. The van der Waals surface area contributed by atoms with Crippen LogP contribution in [0.5, 0.6) is 0 Å². The molecule has 0 saturated carbocycles. The Morgan fingerprint density at radius 1 is 1.47 bits per heavy atom. The van der Waals surface area contributed by atoms with Gasteiger partial charge in [0.05, 0.1) is 0 Å². The van der Waals surface area contributed by atoms with Crippen LogP contribution < -0.4 is 0 Å². The van der Waals surface area contributed by atoms with Crippen molar-refractivity contribution in [1.82, 2.24) is 14.8 Å². The van der Waals surface area contributed by atoms with Crippen LogP contribution in [0.3, 0.4) is 0 Å². The number of carboxylic acids is 1. The first kappa shape index (κ1) is 15.5. The van der Waals surface area contributed by atoms with Crippen molar-refractivity contribution in [2.24, 2.45) is 5.92 Å². The highest BCUT2D eigenvalue weighted by Crippen LogP contribution is 2.21. The molecule has 5 nitrogen and oxygen atoms in total. The van der Waals surface area contributed by atoms with E-state index in [0.29, 0.717) is 6.42 Å². The summed E-state index contributed by atoms with van der Waals surface area (Å²) in [6.45, 7) is 3.27. The number of alkyl halides is 3. The summed E-state index contributed by atoms with van der Waals surface area (Å²) in [5.41, 5.74) is 0. The third-order valence-corrected chi connectivity index (χ3v) is 2.66. The summed E-state index contributed by atoms with van der Waals surface area (Å²) >= 11 is 0. The van der Waals surface area contributed by atoms with Gasteiger partial charge in [-0.2, -0.15) is 18.3 Å². The van der Waals surface area contributed by atoms with Crippen molar-refractivity contribution in [3.63, 3.8) is 0 Å². The van der Waals surface area contributed by atoms with Crippen LogP contribution in [0.25, 0.3) is 0 Å². The molecule has 1 heterocycles. The third-order valence-electron chi connectivity index (χ3n) is 2.66. The topological polar surface area (TPSA) is 68.0 Å². The van der Waals surface area contributed by atoms with Crippen molar-refractivity contribution in [2.45, 2.75) is 45.8 Å². The lowest BCUT2D eigenvalue weighted by Crippen LogP contribution is -2.19. The van der Waals surface area contributed by atoms with E-state index in [2.05, 4.69) is 10.1 Å². The second-order valence-electron chi connectivity index (χ2n) is 4.51. The molecule has 1 N–H and O–H groups in total. The molecule has 1 rings (SSSR count). The van der Waals surface area contributed by atoms with Crippen LogP contribution in [-0.2, 0) is 24.2 Å². The van der Waals surface area contributed by atoms with Crippen LogP contribution in [0.15, 0.2) is 0 Å². The van der Waals surface area contributed by atoms with Crippen molar-refractivity contribution in [1.29, 1.82) is 0 Å². The fourth-order valence-corrected chi connectivity index (χ4v) is 1.53. The van der Waals surface area contributed by atoms with Gasteiger partial charge in [-0.25, -0.2) is 9.67 Å². The molecule has 0 aliphatic carbocycles. The second kappa shape index (κ2) is 6.03. The molecule has 1 aromatic heterocycles. The minimum Gasteiger partial charge on any atom is -0.480 e. The van der Waals surface area contributed by atoms with E-state index < -0.39 is 25.1 Å². The highest BCUT2D eigenvalue weighted by molar-refractivity contribution is 5.66. The Labute approximate surface area is 108 Å². The average Bonchev–Trinajstić information content (AvgIpc) is 2.56. The predicted octanol–water partition coefficient (Wildman–Crippen LogP) is 2.06. The number of aromatic nitrogens is 3. The normalized spacial score (nSPS) is 13.5. The Kier molecular flexibility index (Phi) is 4.90. The number of carboxylic acid groups (broad SMARTS) is 1. The van der Waals surface area contributed by atoms with Gasteiger partial charge in [0.1, 0.15) is 18.8 Å². The van der Waals surface area contributed by atoms with Crippen molar-refractivity contribution in [3.05, 3.63) is 11.6 Å². The summed E-state index contributed by atoms with van der Waals surface area (Å²) in [6.07, 6.45) is -4.42. The highest BCUT2D eigenvalue weighted by atomic mass is 19.4. The van der Waals surface area contributed by atoms with Gasteiger partial charge in [0, 0.05) is 6.42 Å².